The van der Waals surface area contributed by atoms with Crippen molar-refractivity contribution in [2.75, 3.05) is 5.32 Å². The number of anilines is 1. The molecule has 0 aliphatic heterocycles. The maximum absolute atomic E-state index is 11.8. The maximum atomic E-state index is 11.8. The Kier molecular flexibility index (Phi) is 4.48. The van der Waals surface area contributed by atoms with E-state index in [1.165, 1.54) is 11.3 Å². The molecule has 1 rings (SSSR count). The molecule has 1 N–H and O–H groups in total. The van der Waals surface area contributed by atoms with Crippen molar-refractivity contribution in [1.29, 1.82) is 0 Å². The molecule has 1 heterocycles. The number of carbonyl (C=O) groups is 1. The van der Waals surface area contributed by atoms with Gasteiger partial charge in [0, 0.05) is 11.8 Å². The van der Waals surface area contributed by atoms with Gasteiger partial charge in [0.2, 0.25) is 11.0 Å². The molecule has 1 amide bonds. The summed E-state index contributed by atoms with van der Waals surface area (Å²) in [7, 11) is 0. The average Bonchev–Trinajstić information content (AvgIpc) is 2.63. The van der Waals surface area contributed by atoms with Crippen LogP contribution in [0.25, 0.3) is 0 Å². The molecule has 0 saturated heterocycles. The van der Waals surface area contributed by atoms with Gasteiger partial charge in [-0.15, -0.1) is 10.2 Å². The molecule has 4 nitrogen and oxygen atoms in total. The lowest BCUT2D eigenvalue weighted by Gasteiger charge is -2.18. The molecule has 102 valence electrons. The van der Waals surface area contributed by atoms with E-state index in [-0.39, 0.29) is 16.7 Å². The molecule has 5 heteroatoms. The third-order valence-electron chi connectivity index (χ3n) is 2.83. The number of hydrogen-bond donors (Lipinski definition) is 1. The second-order valence-electron chi connectivity index (χ2n) is 6.44. The van der Waals surface area contributed by atoms with Crippen LogP contribution in [0.5, 0.6) is 0 Å². The van der Waals surface area contributed by atoms with Crippen LogP contribution in [0.4, 0.5) is 5.13 Å². The van der Waals surface area contributed by atoms with Crippen molar-refractivity contribution in [2.45, 2.75) is 59.8 Å². The number of hydrogen-bond acceptors (Lipinski definition) is 4. The van der Waals surface area contributed by atoms with E-state index in [9.17, 15) is 4.79 Å². The summed E-state index contributed by atoms with van der Waals surface area (Å²) in [5, 5.41) is 12.6. The minimum Gasteiger partial charge on any atom is -0.301 e. The number of aromatic nitrogens is 2. The van der Waals surface area contributed by atoms with Crippen molar-refractivity contribution in [3.8, 4) is 0 Å². The Morgan fingerprint density at radius 1 is 1.22 bits per heavy atom. The van der Waals surface area contributed by atoms with Crippen LogP contribution in [-0.4, -0.2) is 16.1 Å². The molecule has 0 radical (unpaired) electrons. The number of nitrogens with zero attached hydrogens (tertiary/aromatic N) is 2. The largest absolute Gasteiger partial charge is 0.301 e. The second-order valence-corrected chi connectivity index (χ2v) is 7.41. The van der Waals surface area contributed by atoms with Crippen LogP contribution in [0.15, 0.2) is 0 Å². The fourth-order valence-corrected chi connectivity index (χ4v) is 2.28. The van der Waals surface area contributed by atoms with Gasteiger partial charge in [-0.05, 0) is 11.8 Å². The van der Waals surface area contributed by atoms with E-state index in [1.54, 1.807) is 0 Å². The standard InChI is InChI=1S/C13H23N3OS/c1-7-13(5,6)10-15-16-11(18-10)14-9(17)8-12(2,3)4/h7-8H2,1-6H3,(H,14,16,17). The molecule has 18 heavy (non-hydrogen) atoms. The van der Waals surface area contributed by atoms with E-state index < -0.39 is 0 Å². The van der Waals surface area contributed by atoms with E-state index >= 15 is 0 Å². The lowest BCUT2D eigenvalue weighted by atomic mass is 9.91. The van der Waals surface area contributed by atoms with Gasteiger partial charge in [-0.25, -0.2) is 0 Å². The molecule has 0 spiro atoms. The molecule has 0 bridgehead atoms. The van der Waals surface area contributed by atoms with Gasteiger partial charge >= 0.3 is 0 Å². The van der Waals surface area contributed by atoms with Gasteiger partial charge in [0.05, 0.1) is 0 Å². The first kappa shape index (κ1) is 15.1. The molecule has 0 saturated carbocycles. The average molecular weight is 269 g/mol. The maximum Gasteiger partial charge on any atom is 0.226 e. The Hall–Kier alpha value is -0.970. The lowest BCUT2D eigenvalue weighted by Crippen LogP contribution is -2.19. The van der Waals surface area contributed by atoms with E-state index in [0.29, 0.717) is 11.6 Å². The SMILES string of the molecule is CCC(C)(C)c1nnc(NC(=O)CC(C)(C)C)s1. The van der Waals surface area contributed by atoms with Crippen LogP contribution in [0.1, 0.15) is 59.4 Å². The van der Waals surface area contributed by atoms with Crippen molar-refractivity contribution < 1.29 is 4.79 Å². The molecular weight excluding hydrogens is 246 g/mol. The predicted octanol–water partition coefficient (Wildman–Crippen LogP) is 3.60. The minimum atomic E-state index is -0.0136. The molecule has 1 aromatic heterocycles. The van der Waals surface area contributed by atoms with Crippen LogP contribution in [0, 0.1) is 5.41 Å². The zero-order valence-corrected chi connectivity index (χ0v) is 12.9. The van der Waals surface area contributed by atoms with Crippen molar-refractivity contribution in [1.82, 2.24) is 10.2 Å². The van der Waals surface area contributed by atoms with Gasteiger partial charge in [-0.3, -0.25) is 4.79 Å². The van der Waals surface area contributed by atoms with Gasteiger partial charge in [0.15, 0.2) is 0 Å². The molecule has 0 atom stereocenters. The molecule has 0 aliphatic rings. The first-order valence-electron chi connectivity index (χ1n) is 6.28. The highest BCUT2D eigenvalue weighted by Crippen LogP contribution is 2.31. The highest BCUT2D eigenvalue weighted by atomic mass is 32.1. The van der Waals surface area contributed by atoms with E-state index in [0.717, 1.165) is 11.4 Å². The van der Waals surface area contributed by atoms with Crippen molar-refractivity contribution >= 4 is 22.4 Å². The monoisotopic (exact) mass is 269 g/mol. The number of amides is 1. The summed E-state index contributed by atoms with van der Waals surface area (Å²) in [6, 6.07) is 0. The summed E-state index contributed by atoms with van der Waals surface area (Å²) < 4.78 is 0. The molecule has 0 aromatic carbocycles. The van der Waals surface area contributed by atoms with Crippen molar-refractivity contribution in [2.24, 2.45) is 5.41 Å². The zero-order valence-electron chi connectivity index (χ0n) is 12.1. The fraction of sp³-hybridized carbons (Fsp3) is 0.769. The third kappa shape index (κ3) is 4.37. The highest BCUT2D eigenvalue weighted by molar-refractivity contribution is 7.15. The Morgan fingerprint density at radius 2 is 1.83 bits per heavy atom. The molecule has 0 fully saturated rings. The lowest BCUT2D eigenvalue weighted by molar-refractivity contribution is -0.117. The molecule has 0 unspecified atom stereocenters. The van der Waals surface area contributed by atoms with Crippen molar-refractivity contribution in [3.05, 3.63) is 5.01 Å². The first-order chi connectivity index (χ1) is 8.14. The quantitative estimate of drug-likeness (QED) is 0.908. The van der Waals surface area contributed by atoms with Gasteiger partial charge < -0.3 is 5.32 Å². The van der Waals surface area contributed by atoms with E-state index in [4.69, 9.17) is 0 Å². The Labute approximate surface area is 113 Å². The van der Waals surface area contributed by atoms with Crippen LogP contribution < -0.4 is 5.32 Å². The minimum absolute atomic E-state index is 0.000459. The summed E-state index contributed by atoms with van der Waals surface area (Å²) in [6.07, 6.45) is 1.48. The Morgan fingerprint density at radius 3 is 2.33 bits per heavy atom. The molecule has 1 aromatic rings. The Balaban J connectivity index is 2.68. The van der Waals surface area contributed by atoms with E-state index in [1.807, 2.05) is 20.8 Å². The van der Waals surface area contributed by atoms with Gasteiger partial charge in [0.25, 0.3) is 0 Å². The van der Waals surface area contributed by atoms with Crippen LogP contribution in [0.2, 0.25) is 0 Å². The van der Waals surface area contributed by atoms with Crippen LogP contribution >= 0.6 is 11.3 Å². The van der Waals surface area contributed by atoms with Gasteiger partial charge in [-0.2, -0.15) is 0 Å². The van der Waals surface area contributed by atoms with Crippen LogP contribution in [0.3, 0.4) is 0 Å². The smallest absolute Gasteiger partial charge is 0.226 e. The normalized spacial score (nSPS) is 12.6. The summed E-state index contributed by atoms with van der Waals surface area (Å²) in [5.41, 5.74) is 0.00492. The number of rotatable bonds is 4. The number of carbonyl (C=O) groups excluding carboxylic acids is 1. The molecular formula is C13H23N3OS. The summed E-state index contributed by atoms with van der Waals surface area (Å²) in [6.45, 7) is 12.5. The topological polar surface area (TPSA) is 54.9 Å². The predicted molar refractivity (Wildman–Crippen MR) is 75.9 cm³/mol. The first-order valence-corrected chi connectivity index (χ1v) is 7.09. The van der Waals surface area contributed by atoms with Crippen molar-refractivity contribution in [3.63, 3.8) is 0 Å². The number of nitrogens with one attached hydrogen (secondary N) is 1. The van der Waals surface area contributed by atoms with Gasteiger partial charge in [-0.1, -0.05) is 52.9 Å². The Bertz CT molecular complexity index is 418. The third-order valence-corrected chi connectivity index (χ3v) is 4.03. The fourth-order valence-electron chi connectivity index (χ4n) is 1.34. The highest BCUT2D eigenvalue weighted by Gasteiger charge is 2.24. The van der Waals surface area contributed by atoms with Crippen LogP contribution in [-0.2, 0) is 10.2 Å². The second kappa shape index (κ2) is 5.34. The summed E-state index contributed by atoms with van der Waals surface area (Å²) in [5.74, 6) is -0.000459. The summed E-state index contributed by atoms with van der Waals surface area (Å²) in [4.78, 5) is 11.8. The summed E-state index contributed by atoms with van der Waals surface area (Å²) >= 11 is 1.46. The van der Waals surface area contributed by atoms with Gasteiger partial charge in [0.1, 0.15) is 5.01 Å². The van der Waals surface area contributed by atoms with E-state index in [2.05, 4.69) is 36.3 Å². The molecule has 0 aliphatic carbocycles. The zero-order chi connectivity index (χ0) is 14.0.